The zero-order valence-electron chi connectivity index (χ0n) is 15.2. The summed E-state index contributed by atoms with van der Waals surface area (Å²) in [7, 11) is 1.83. The Morgan fingerprint density at radius 3 is 2.64 bits per heavy atom. The van der Waals surface area contributed by atoms with E-state index in [-0.39, 0.29) is 33.8 Å². The number of aliphatic hydroxyl groups is 1. The zero-order valence-corrected chi connectivity index (χ0v) is 16.0. The van der Waals surface area contributed by atoms with Crippen LogP contribution in [0.4, 0.5) is 0 Å². The number of likely N-dealkylation sites (tertiary alicyclic amines) is 1. The summed E-state index contributed by atoms with van der Waals surface area (Å²) in [6.45, 7) is 0.720. The highest BCUT2D eigenvalue weighted by Crippen LogP contribution is 2.43. The van der Waals surface area contributed by atoms with Gasteiger partial charge in [0.05, 0.1) is 22.7 Å². The molecule has 1 saturated heterocycles. The largest absolute Gasteiger partial charge is 0.507 e. The minimum Gasteiger partial charge on any atom is -0.507 e. The lowest BCUT2D eigenvalue weighted by atomic mass is 9.90. The first-order valence-electron chi connectivity index (χ1n) is 9.04. The van der Waals surface area contributed by atoms with Gasteiger partial charge in [-0.05, 0) is 38.6 Å². The maximum absolute atomic E-state index is 12.8. The van der Waals surface area contributed by atoms with Crippen LogP contribution in [-0.4, -0.2) is 39.9 Å². The Balaban J connectivity index is 2.05. The minimum atomic E-state index is -0.744. The Morgan fingerprint density at radius 2 is 1.93 bits per heavy atom. The molecule has 1 fully saturated rings. The Labute approximate surface area is 166 Å². The molecular formula is C21H20ClNO5. The fraction of sp³-hybridized carbons (Fsp3) is 0.286. The van der Waals surface area contributed by atoms with Gasteiger partial charge in [0.15, 0.2) is 11.0 Å². The van der Waals surface area contributed by atoms with Crippen LogP contribution in [0, 0.1) is 0 Å². The smallest absolute Gasteiger partial charge is 0.197 e. The van der Waals surface area contributed by atoms with Crippen molar-refractivity contribution in [1.29, 1.82) is 0 Å². The predicted molar refractivity (Wildman–Crippen MR) is 107 cm³/mol. The van der Waals surface area contributed by atoms with Gasteiger partial charge in [0, 0.05) is 17.7 Å². The van der Waals surface area contributed by atoms with Crippen LogP contribution in [0.5, 0.6) is 11.5 Å². The van der Waals surface area contributed by atoms with Crippen LogP contribution >= 0.6 is 11.6 Å². The van der Waals surface area contributed by atoms with E-state index in [4.69, 9.17) is 16.0 Å². The maximum Gasteiger partial charge on any atom is 0.197 e. The molecule has 28 heavy (non-hydrogen) atoms. The van der Waals surface area contributed by atoms with E-state index in [1.54, 1.807) is 24.3 Å². The van der Waals surface area contributed by atoms with Gasteiger partial charge in [-0.25, -0.2) is 0 Å². The molecule has 0 spiro atoms. The molecule has 0 saturated carbocycles. The lowest BCUT2D eigenvalue weighted by Crippen LogP contribution is -2.39. The Bertz CT molecular complexity index is 1100. The molecule has 0 bridgehead atoms. The van der Waals surface area contributed by atoms with Crippen molar-refractivity contribution in [2.24, 2.45) is 0 Å². The summed E-state index contributed by atoms with van der Waals surface area (Å²) in [5, 5.41) is 31.8. The lowest BCUT2D eigenvalue weighted by molar-refractivity contribution is 0.0233. The minimum absolute atomic E-state index is 0.0326. The number of benzene rings is 2. The van der Waals surface area contributed by atoms with Gasteiger partial charge in [0.2, 0.25) is 0 Å². The second-order valence-corrected chi connectivity index (χ2v) is 7.53. The van der Waals surface area contributed by atoms with Crippen molar-refractivity contribution >= 4 is 22.6 Å². The second kappa shape index (κ2) is 7.13. The summed E-state index contributed by atoms with van der Waals surface area (Å²) in [5.74, 6) is -0.381. The molecule has 1 aromatic heterocycles. The quantitative estimate of drug-likeness (QED) is 0.606. The number of hydrogen-bond donors (Lipinski definition) is 3. The van der Waals surface area contributed by atoms with Crippen LogP contribution in [0.3, 0.4) is 0 Å². The van der Waals surface area contributed by atoms with Crippen molar-refractivity contribution in [3.8, 4) is 22.8 Å². The van der Waals surface area contributed by atoms with Crippen LogP contribution in [0.25, 0.3) is 22.3 Å². The van der Waals surface area contributed by atoms with Gasteiger partial charge in [-0.15, -0.1) is 0 Å². The third-order valence-electron chi connectivity index (χ3n) is 5.28. The number of aliphatic hydroxyl groups excluding tert-OH is 1. The summed E-state index contributed by atoms with van der Waals surface area (Å²) in [6, 6.07) is 8.76. The molecule has 6 nitrogen and oxygen atoms in total. The first-order valence-corrected chi connectivity index (χ1v) is 9.42. The van der Waals surface area contributed by atoms with Gasteiger partial charge < -0.3 is 19.7 Å². The number of phenolic OH excluding ortho intramolecular Hbond substituents is 2. The molecule has 1 aliphatic heterocycles. The molecule has 3 aromatic rings. The van der Waals surface area contributed by atoms with Crippen LogP contribution in [0.1, 0.15) is 24.4 Å². The van der Waals surface area contributed by atoms with Crippen LogP contribution in [-0.2, 0) is 0 Å². The average molecular weight is 402 g/mol. The van der Waals surface area contributed by atoms with Gasteiger partial charge >= 0.3 is 0 Å². The topological polar surface area (TPSA) is 94.1 Å². The summed E-state index contributed by atoms with van der Waals surface area (Å²) in [5.41, 5.74) is 0.406. The molecule has 7 heteroatoms. The summed E-state index contributed by atoms with van der Waals surface area (Å²) in [4.78, 5) is 14.7. The molecular weight excluding hydrogens is 382 g/mol. The number of rotatable bonds is 2. The van der Waals surface area contributed by atoms with Gasteiger partial charge in [0.1, 0.15) is 22.6 Å². The van der Waals surface area contributed by atoms with Gasteiger partial charge in [-0.2, -0.15) is 0 Å². The standard InChI is InChI=1S/C21H20ClNO5/c1-23-8-4-7-13(24)20(23)19-15(26)9-14(25)18-16(27)10-17(28-21(18)19)11-5-2-3-6-12(11)22/h2-3,5-6,9-10,13,20,24-26H,4,7-8H2,1H3/t13-,20+/m1/s1. The molecule has 2 atom stereocenters. The number of hydrogen-bond acceptors (Lipinski definition) is 6. The molecule has 4 rings (SSSR count). The monoisotopic (exact) mass is 401 g/mol. The molecule has 0 radical (unpaired) electrons. The third-order valence-corrected chi connectivity index (χ3v) is 5.61. The van der Waals surface area contributed by atoms with Crippen molar-refractivity contribution in [3.63, 3.8) is 0 Å². The predicted octanol–water partition coefficient (Wildman–Crippen LogP) is 3.65. The van der Waals surface area contributed by atoms with Crippen LogP contribution < -0.4 is 5.43 Å². The highest BCUT2D eigenvalue weighted by Gasteiger charge is 2.34. The number of likely N-dealkylation sites (N-methyl/N-ethyl adjacent to an activating group) is 1. The average Bonchev–Trinajstić information content (AvgIpc) is 2.63. The van der Waals surface area contributed by atoms with Crippen molar-refractivity contribution in [2.75, 3.05) is 13.6 Å². The van der Waals surface area contributed by atoms with Gasteiger partial charge in [0.25, 0.3) is 0 Å². The Kier molecular flexibility index (Phi) is 4.79. The highest BCUT2D eigenvalue weighted by molar-refractivity contribution is 6.33. The normalized spacial score (nSPS) is 20.5. The fourth-order valence-electron chi connectivity index (χ4n) is 3.95. The Hall–Kier alpha value is -2.54. The maximum atomic E-state index is 12.8. The van der Waals surface area contributed by atoms with E-state index in [9.17, 15) is 20.1 Å². The van der Waals surface area contributed by atoms with Crippen molar-refractivity contribution in [3.05, 3.63) is 57.2 Å². The van der Waals surface area contributed by atoms with E-state index >= 15 is 0 Å². The molecule has 0 aliphatic carbocycles. The van der Waals surface area contributed by atoms with Crippen molar-refractivity contribution in [1.82, 2.24) is 4.90 Å². The first kappa shape index (κ1) is 18.8. The summed E-state index contributed by atoms with van der Waals surface area (Å²) >= 11 is 6.25. The van der Waals surface area contributed by atoms with E-state index in [1.165, 1.54) is 6.07 Å². The molecule has 1 aliphatic rings. The number of nitrogens with zero attached hydrogens (tertiary/aromatic N) is 1. The molecule has 146 valence electrons. The van der Waals surface area contributed by atoms with E-state index in [2.05, 4.69) is 0 Å². The van der Waals surface area contributed by atoms with E-state index in [0.717, 1.165) is 19.0 Å². The number of aromatic hydroxyl groups is 2. The van der Waals surface area contributed by atoms with Crippen molar-refractivity contribution in [2.45, 2.75) is 25.0 Å². The zero-order chi connectivity index (χ0) is 20.0. The molecule has 0 unspecified atom stereocenters. The summed E-state index contributed by atoms with van der Waals surface area (Å²) in [6.07, 6.45) is 0.636. The number of halogens is 1. The van der Waals surface area contributed by atoms with E-state index < -0.39 is 17.6 Å². The van der Waals surface area contributed by atoms with Gasteiger partial charge in [-0.1, -0.05) is 23.7 Å². The van der Waals surface area contributed by atoms with Crippen molar-refractivity contribution < 1.29 is 19.7 Å². The van der Waals surface area contributed by atoms with E-state index in [0.29, 0.717) is 17.0 Å². The highest BCUT2D eigenvalue weighted by atomic mass is 35.5. The molecule has 2 heterocycles. The summed E-state index contributed by atoms with van der Waals surface area (Å²) < 4.78 is 6.01. The number of phenols is 2. The second-order valence-electron chi connectivity index (χ2n) is 7.12. The SMILES string of the molecule is CN1CCC[C@@H](O)[C@H]1c1c(O)cc(O)c2c(=O)cc(-c3ccccc3Cl)oc12. The van der Waals surface area contributed by atoms with Gasteiger partial charge in [-0.3, -0.25) is 9.69 Å². The number of piperidine rings is 1. The lowest BCUT2D eigenvalue weighted by Gasteiger charge is -2.37. The van der Waals surface area contributed by atoms with E-state index in [1.807, 2.05) is 11.9 Å². The molecule has 2 aromatic carbocycles. The van der Waals surface area contributed by atoms with Crippen LogP contribution in [0.2, 0.25) is 5.02 Å². The third kappa shape index (κ3) is 3.03. The molecule has 0 amide bonds. The fourth-order valence-corrected chi connectivity index (χ4v) is 4.18. The Morgan fingerprint density at radius 1 is 1.18 bits per heavy atom. The number of fused-ring (bicyclic) bond motifs is 1. The first-order chi connectivity index (χ1) is 13.4. The molecule has 3 N–H and O–H groups in total. The van der Waals surface area contributed by atoms with Crippen LogP contribution in [0.15, 0.2) is 45.6 Å².